The maximum absolute atomic E-state index is 4.77. The van der Waals surface area contributed by atoms with E-state index in [4.69, 9.17) is 9.97 Å². The van der Waals surface area contributed by atoms with E-state index in [1.54, 1.807) is 0 Å². The van der Waals surface area contributed by atoms with Gasteiger partial charge >= 0.3 is 0 Å². The van der Waals surface area contributed by atoms with Crippen LogP contribution in [0.4, 0.5) is 11.6 Å². The van der Waals surface area contributed by atoms with Crippen molar-refractivity contribution in [3.05, 3.63) is 24.3 Å². The third kappa shape index (κ3) is 11.2. The molecular formula is C28H48N4. The first-order valence-electron chi connectivity index (χ1n) is 13.6. The van der Waals surface area contributed by atoms with E-state index < -0.39 is 0 Å². The van der Waals surface area contributed by atoms with Gasteiger partial charge in [-0.15, -0.1) is 0 Å². The number of para-hydroxylation sites is 2. The molecule has 0 spiro atoms. The highest BCUT2D eigenvalue weighted by Gasteiger charge is 2.07. The number of aromatic nitrogens is 2. The molecule has 1 aromatic carbocycles. The van der Waals surface area contributed by atoms with Crippen LogP contribution in [0.1, 0.15) is 117 Å². The van der Waals surface area contributed by atoms with Gasteiger partial charge in [-0.05, 0) is 25.5 Å². The number of unbranched alkanes of at least 4 members (excludes halogenated alkanes) is 15. The maximum atomic E-state index is 4.77. The van der Waals surface area contributed by atoms with Gasteiger partial charge in [-0.2, -0.15) is 0 Å². The highest BCUT2D eigenvalue weighted by Crippen LogP contribution is 2.21. The van der Waals surface area contributed by atoms with E-state index in [1.807, 2.05) is 24.3 Å². The molecule has 0 bridgehead atoms. The number of anilines is 2. The summed E-state index contributed by atoms with van der Waals surface area (Å²) in [5.41, 5.74) is 1.89. The maximum Gasteiger partial charge on any atom is 0.169 e. The smallest absolute Gasteiger partial charge is 0.169 e. The zero-order chi connectivity index (χ0) is 22.7. The molecule has 0 aliphatic heterocycles. The second-order valence-electron chi connectivity index (χ2n) is 9.17. The van der Waals surface area contributed by atoms with Gasteiger partial charge in [0.05, 0.1) is 11.0 Å². The standard InChI is InChI=1S/C28H48N4/c1-3-5-6-7-8-9-10-11-12-13-14-15-16-17-18-21-24-30-28-27(29-4-2)31-25-22-19-20-23-26(25)32-28/h19-20,22-23H,3-18,21,24H2,1-2H3,(H,29,31)(H,30,32). The number of benzene rings is 1. The Kier molecular flexibility index (Phi) is 14.6. The number of nitrogens with zero attached hydrogens (tertiary/aromatic N) is 2. The van der Waals surface area contributed by atoms with Crippen molar-refractivity contribution in [3.8, 4) is 0 Å². The molecule has 0 radical (unpaired) electrons. The van der Waals surface area contributed by atoms with E-state index in [-0.39, 0.29) is 0 Å². The van der Waals surface area contributed by atoms with Crippen molar-refractivity contribution in [1.29, 1.82) is 0 Å². The largest absolute Gasteiger partial charge is 0.367 e. The third-order valence-electron chi connectivity index (χ3n) is 6.24. The Hall–Kier alpha value is -1.84. The lowest BCUT2D eigenvalue weighted by Gasteiger charge is -2.12. The Morgan fingerprint density at radius 3 is 1.38 bits per heavy atom. The minimum Gasteiger partial charge on any atom is -0.367 e. The van der Waals surface area contributed by atoms with Crippen molar-refractivity contribution < 1.29 is 0 Å². The number of hydrogen-bond donors (Lipinski definition) is 2. The highest BCUT2D eigenvalue weighted by atomic mass is 15.1. The SMILES string of the molecule is CCCCCCCCCCCCCCCCCCNc1nc2ccccc2nc1NCC. The van der Waals surface area contributed by atoms with Crippen LogP contribution >= 0.6 is 0 Å². The summed E-state index contributed by atoms with van der Waals surface area (Å²) < 4.78 is 0. The fraction of sp³-hybridized carbons (Fsp3) is 0.714. The molecule has 0 saturated carbocycles. The molecular weight excluding hydrogens is 392 g/mol. The second-order valence-corrected chi connectivity index (χ2v) is 9.17. The first kappa shape index (κ1) is 26.4. The minimum atomic E-state index is 0.848. The molecule has 2 rings (SSSR count). The molecule has 0 unspecified atom stereocenters. The molecule has 2 N–H and O–H groups in total. The van der Waals surface area contributed by atoms with Crippen LogP contribution in [0.15, 0.2) is 24.3 Å². The second kappa shape index (κ2) is 17.7. The minimum absolute atomic E-state index is 0.848. The normalized spacial score (nSPS) is 11.2. The van der Waals surface area contributed by atoms with Gasteiger partial charge in [0.15, 0.2) is 11.6 Å². The fourth-order valence-electron chi connectivity index (χ4n) is 4.29. The van der Waals surface area contributed by atoms with Crippen LogP contribution in [0.3, 0.4) is 0 Å². The Balaban J connectivity index is 1.44. The Labute approximate surface area is 197 Å². The van der Waals surface area contributed by atoms with Gasteiger partial charge in [0.1, 0.15) is 0 Å². The first-order valence-corrected chi connectivity index (χ1v) is 13.6. The van der Waals surface area contributed by atoms with Crippen molar-refractivity contribution in [1.82, 2.24) is 9.97 Å². The van der Waals surface area contributed by atoms with Crippen molar-refractivity contribution in [3.63, 3.8) is 0 Å². The molecule has 0 aliphatic rings. The molecule has 1 aromatic heterocycles. The summed E-state index contributed by atoms with van der Waals surface area (Å²) in [5.74, 6) is 1.74. The molecule has 0 atom stereocenters. The summed E-state index contributed by atoms with van der Waals surface area (Å²) in [6.45, 7) is 6.20. The van der Waals surface area contributed by atoms with Crippen LogP contribution < -0.4 is 10.6 Å². The van der Waals surface area contributed by atoms with E-state index in [0.29, 0.717) is 0 Å². The quantitative estimate of drug-likeness (QED) is 0.202. The molecule has 0 aliphatic carbocycles. The third-order valence-corrected chi connectivity index (χ3v) is 6.24. The molecule has 4 nitrogen and oxygen atoms in total. The van der Waals surface area contributed by atoms with E-state index in [0.717, 1.165) is 35.8 Å². The van der Waals surface area contributed by atoms with Crippen LogP contribution in [-0.2, 0) is 0 Å². The van der Waals surface area contributed by atoms with Crippen LogP contribution in [0, 0.1) is 0 Å². The average Bonchev–Trinajstić information content (AvgIpc) is 2.81. The molecule has 1 heterocycles. The van der Waals surface area contributed by atoms with Crippen molar-refractivity contribution >= 4 is 22.7 Å². The topological polar surface area (TPSA) is 49.8 Å². The summed E-state index contributed by atoms with van der Waals surface area (Å²) >= 11 is 0. The summed E-state index contributed by atoms with van der Waals surface area (Å²) in [5, 5.41) is 6.84. The van der Waals surface area contributed by atoms with Crippen LogP contribution in [0.5, 0.6) is 0 Å². The van der Waals surface area contributed by atoms with Gasteiger partial charge in [-0.3, -0.25) is 0 Å². The van der Waals surface area contributed by atoms with Gasteiger partial charge in [0, 0.05) is 13.1 Å². The van der Waals surface area contributed by atoms with Gasteiger partial charge in [0.25, 0.3) is 0 Å². The summed E-state index contributed by atoms with van der Waals surface area (Å²) in [6, 6.07) is 8.07. The van der Waals surface area contributed by atoms with Gasteiger partial charge in [-0.25, -0.2) is 9.97 Å². The molecule has 180 valence electrons. The number of rotatable bonds is 20. The van der Waals surface area contributed by atoms with Crippen LogP contribution in [0.2, 0.25) is 0 Å². The van der Waals surface area contributed by atoms with Gasteiger partial charge < -0.3 is 10.6 Å². The predicted molar refractivity (Wildman–Crippen MR) is 142 cm³/mol. The van der Waals surface area contributed by atoms with Crippen molar-refractivity contribution in [2.75, 3.05) is 23.7 Å². The molecule has 2 aromatic rings. The van der Waals surface area contributed by atoms with Crippen LogP contribution in [0.25, 0.3) is 11.0 Å². The van der Waals surface area contributed by atoms with Crippen molar-refractivity contribution in [2.24, 2.45) is 0 Å². The Morgan fingerprint density at radius 2 is 0.938 bits per heavy atom. The molecule has 32 heavy (non-hydrogen) atoms. The zero-order valence-electron chi connectivity index (χ0n) is 20.9. The lowest BCUT2D eigenvalue weighted by atomic mass is 10.0. The first-order chi connectivity index (χ1) is 15.8. The van der Waals surface area contributed by atoms with E-state index in [9.17, 15) is 0 Å². The lowest BCUT2D eigenvalue weighted by molar-refractivity contribution is 0.530. The number of nitrogens with one attached hydrogen (secondary N) is 2. The van der Waals surface area contributed by atoms with Crippen molar-refractivity contribution in [2.45, 2.75) is 117 Å². The number of fused-ring (bicyclic) bond motifs is 1. The van der Waals surface area contributed by atoms with Crippen LogP contribution in [-0.4, -0.2) is 23.1 Å². The lowest BCUT2D eigenvalue weighted by Crippen LogP contribution is -2.10. The Bertz CT molecular complexity index is 716. The van der Waals surface area contributed by atoms with E-state index in [2.05, 4.69) is 24.5 Å². The van der Waals surface area contributed by atoms with Gasteiger partial charge in [-0.1, -0.05) is 115 Å². The predicted octanol–water partition coefficient (Wildman–Crippen LogP) is 8.74. The molecule has 4 heteroatoms. The van der Waals surface area contributed by atoms with Gasteiger partial charge in [0.2, 0.25) is 0 Å². The molecule has 0 saturated heterocycles. The monoisotopic (exact) mass is 440 g/mol. The molecule has 0 amide bonds. The summed E-state index contributed by atoms with van der Waals surface area (Å²) in [6.07, 6.45) is 22.4. The summed E-state index contributed by atoms with van der Waals surface area (Å²) in [7, 11) is 0. The molecule has 0 fully saturated rings. The number of hydrogen-bond acceptors (Lipinski definition) is 4. The highest BCUT2D eigenvalue weighted by molar-refractivity contribution is 5.80. The average molecular weight is 441 g/mol. The fourth-order valence-corrected chi connectivity index (χ4v) is 4.29. The van der Waals surface area contributed by atoms with E-state index in [1.165, 1.54) is 103 Å². The zero-order valence-corrected chi connectivity index (χ0v) is 20.9. The summed E-state index contributed by atoms with van der Waals surface area (Å²) in [4.78, 5) is 9.49. The Morgan fingerprint density at radius 1 is 0.531 bits per heavy atom. The van der Waals surface area contributed by atoms with E-state index >= 15 is 0 Å².